The van der Waals surface area contributed by atoms with E-state index in [1.54, 1.807) is 0 Å². The molecule has 0 aliphatic carbocycles. The Morgan fingerprint density at radius 2 is 2.27 bits per heavy atom. The molecular formula is C13H19N2. The average Bonchev–Trinajstić information content (AvgIpc) is 2.17. The number of pyridine rings is 1. The van der Waals surface area contributed by atoms with Gasteiger partial charge >= 0.3 is 0 Å². The lowest BCUT2D eigenvalue weighted by Crippen LogP contribution is -2.40. The largest absolute Gasteiger partial charge is 0.297 e. The number of likely N-dealkylation sites (tertiary alicyclic amines) is 1. The molecule has 0 aromatic carbocycles. The van der Waals surface area contributed by atoms with Gasteiger partial charge in [-0.05, 0) is 36.9 Å². The molecule has 2 rings (SSSR count). The molecule has 0 spiro atoms. The van der Waals surface area contributed by atoms with Crippen LogP contribution in [0.4, 0.5) is 0 Å². The van der Waals surface area contributed by atoms with Gasteiger partial charge in [0, 0.05) is 19.3 Å². The number of nitrogens with zero attached hydrogens (tertiary/aromatic N) is 2. The first-order chi connectivity index (χ1) is 7.16. The predicted octanol–water partition coefficient (Wildman–Crippen LogP) is 2.52. The molecule has 2 nitrogen and oxygen atoms in total. The van der Waals surface area contributed by atoms with Crippen molar-refractivity contribution in [2.45, 2.75) is 26.8 Å². The van der Waals surface area contributed by atoms with E-state index in [1.165, 1.54) is 18.7 Å². The lowest BCUT2D eigenvalue weighted by Gasteiger charge is -2.37. The first-order valence-corrected chi connectivity index (χ1v) is 5.62. The van der Waals surface area contributed by atoms with E-state index in [1.807, 2.05) is 12.3 Å². The summed E-state index contributed by atoms with van der Waals surface area (Å²) in [4.78, 5) is 6.86. The Morgan fingerprint density at radius 1 is 1.40 bits per heavy atom. The van der Waals surface area contributed by atoms with Crippen molar-refractivity contribution in [2.24, 2.45) is 5.41 Å². The van der Waals surface area contributed by atoms with Gasteiger partial charge in [-0.25, -0.2) is 0 Å². The van der Waals surface area contributed by atoms with Crippen molar-refractivity contribution in [3.05, 3.63) is 36.5 Å². The molecule has 1 saturated heterocycles. The Balaban J connectivity index is 1.95. The van der Waals surface area contributed by atoms with E-state index in [0.29, 0.717) is 5.41 Å². The minimum atomic E-state index is 0.354. The van der Waals surface area contributed by atoms with Crippen LogP contribution in [0.3, 0.4) is 0 Å². The van der Waals surface area contributed by atoms with Crippen LogP contribution in [-0.4, -0.2) is 23.0 Å². The summed E-state index contributed by atoms with van der Waals surface area (Å²) in [5, 5.41) is 0. The van der Waals surface area contributed by atoms with Gasteiger partial charge in [-0.15, -0.1) is 0 Å². The van der Waals surface area contributed by atoms with Crippen LogP contribution in [0.1, 0.15) is 26.0 Å². The summed E-state index contributed by atoms with van der Waals surface area (Å²) in [5.74, 6) is 0. The van der Waals surface area contributed by atoms with Crippen LogP contribution in [0.2, 0.25) is 0 Å². The van der Waals surface area contributed by atoms with E-state index in [2.05, 4.69) is 42.3 Å². The van der Waals surface area contributed by atoms with E-state index < -0.39 is 0 Å². The number of hydrogen-bond acceptors (Lipinski definition) is 2. The van der Waals surface area contributed by atoms with Gasteiger partial charge in [0.2, 0.25) is 0 Å². The standard InChI is InChI=1S/C13H19N2/c1-13(2)7-5-9-15(11-13)10-12-6-3-4-8-14-12/h3-4,6-8H,5,9-11H2,1-2H3. The zero-order valence-corrected chi connectivity index (χ0v) is 9.61. The Hall–Kier alpha value is -0.890. The van der Waals surface area contributed by atoms with Crippen LogP contribution in [0.25, 0.3) is 0 Å². The third-order valence-corrected chi connectivity index (χ3v) is 2.89. The van der Waals surface area contributed by atoms with Gasteiger partial charge in [-0.2, -0.15) is 0 Å². The minimum Gasteiger partial charge on any atom is -0.297 e. The van der Waals surface area contributed by atoms with E-state index in [0.717, 1.165) is 13.1 Å². The summed E-state index contributed by atoms with van der Waals surface area (Å²) in [7, 11) is 0. The summed E-state index contributed by atoms with van der Waals surface area (Å²) < 4.78 is 0. The second kappa shape index (κ2) is 4.31. The van der Waals surface area contributed by atoms with Crippen molar-refractivity contribution < 1.29 is 0 Å². The van der Waals surface area contributed by atoms with Crippen LogP contribution in [0.5, 0.6) is 0 Å². The molecule has 1 aromatic heterocycles. The summed E-state index contributed by atoms with van der Waals surface area (Å²) in [6.45, 7) is 7.90. The highest BCUT2D eigenvalue weighted by molar-refractivity contribution is 5.04. The van der Waals surface area contributed by atoms with Gasteiger partial charge in [0.15, 0.2) is 0 Å². The van der Waals surface area contributed by atoms with Gasteiger partial charge in [-0.1, -0.05) is 19.9 Å². The van der Waals surface area contributed by atoms with Gasteiger partial charge in [0.25, 0.3) is 0 Å². The number of rotatable bonds is 2. The van der Waals surface area contributed by atoms with Crippen LogP contribution >= 0.6 is 0 Å². The van der Waals surface area contributed by atoms with Gasteiger partial charge in [0.05, 0.1) is 5.69 Å². The number of piperidine rings is 1. The molecule has 1 radical (unpaired) electrons. The molecule has 0 atom stereocenters. The van der Waals surface area contributed by atoms with E-state index >= 15 is 0 Å². The van der Waals surface area contributed by atoms with Crippen LogP contribution < -0.4 is 0 Å². The summed E-state index contributed by atoms with van der Waals surface area (Å²) in [5.41, 5.74) is 1.53. The molecule has 2 heteroatoms. The maximum absolute atomic E-state index is 4.37. The van der Waals surface area contributed by atoms with E-state index in [4.69, 9.17) is 0 Å². The Labute approximate surface area is 92.3 Å². The van der Waals surface area contributed by atoms with Crippen LogP contribution in [0, 0.1) is 11.8 Å². The van der Waals surface area contributed by atoms with E-state index in [-0.39, 0.29) is 0 Å². The zero-order valence-electron chi connectivity index (χ0n) is 9.61. The topological polar surface area (TPSA) is 16.1 Å². The van der Waals surface area contributed by atoms with Crippen molar-refractivity contribution >= 4 is 0 Å². The van der Waals surface area contributed by atoms with Crippen LogP contribution in [0.15, 0.2) is 24.4 Å². The van der Waals surface area contributed by atoms with Crippen molar-refractivity contribution in [3.8, 4) is 0 Å². The normalized spacial score (nSPS) is 21.5. The molecule has 0 unspecified atom stereocenters. The third-order valence-electron chi connectivity index (χ3n) is 2.89. The fraction of sp³-hybridized carbons (Fsp3) is 0.538. The van der Waals surface area contributed by atoms with Crippen molar-refractivity contribution in [2.75, 3.05) is 13.1 Å². The highest BCUT2D eigenvalue weighted by atomic mass is 15.1. The van der Waals surface area contributed by atoms with Gasteiger partial charge in [0.1, 0.15) is 0 Å². The second-order valence-corrected chi connectivity index (χ2v) is 5.01. The highest BCUT2D eigenvalue weighted by Crippen LogP contribution is 2.27. The Kier molecular flexibility index (Phi) is 3.06. The molecule has 0 bridgehead atoms. The molecule has 1 fully saturated rings. The fourth-order valence-corrected chi connectivity index (χ4v) is 2.21. The second-order valence-electron chi connectivity index (χ2n) is 5.01. The van der Waals surface area contributed by atoms with Crippen molar-refractivity contribution in [3.63, 3.8) is 0 Å². The van der Waals surface area contributed by atoms with Crippen molar-refractivity contribution in [1.82, 2.24) is 9.88 Å². The highest BCUT2D eigenvalue weighted by Gasteiger charge is 2.26. The maximum atomic E-state index is 4.37. The lowest BCUT2D eigenvalue weighted by atomic mass is 9.84. The van der Waals surface area contributed by atoms with Gasteiger partial charge < -0.3 is 0 Å². The maximum Gasteiger partial charge on any atom is 0.0543 e. The fourth-order valence-electron chi connectivity index (χ4n) is 2.21. The lowest BCUT2D eigenvalue weighted by molar-refractivity contribution is 0.153. The first-order valence-electron chi connectivity index (χ1n) is 5.62. The summed E-state index contributed by atoms with van der Waals surface area (Å²) >= 11 is 0. The molecule has 15 heavy (non-hydrogen) atoms. The average molecular weight is 203 g/mol. The Morgan fingerprint density at radius 3 is 2.93 bits per heavy atom. The molecule has 0 saturated carbocycles. The predicted molar refractivity (Wildman–Crippen MR) is 62.2 cm³/mol. The SMILES string of the molecule is CC1(C)[CH]CCN(Cc2ccccn2)C1. The smallest absolute Gasteiger partial charge is 0.0543 e. The summed E-state index contributed by atoms with van der Waals surface area (Å²) in [6.07, 6.45) is 5.50. The molecule has 2 heterocycles. The number of aromatic nitrogens is 1. The molecule has 0 amide bonds. The number of hydrogen-bond donors (Lipinski definition) is 0. The molecule has 0 N–H and O–H groups in total. The minimum absolute atomic E-state index is 0.354. The quantitative estimate of drug-likeness (QED) is 0.734. The van der Waals surface area contributed by atoms with Gasteiger partial charge in [-0.3, -0.25) is 9.88 Å². The monoisotopic (exact) mass is 203 g/mol. The first kappa shape index (κ1) is 10.6. The third kappa shape index (κ3) is 3.03. The zero-order chi connectivity index (χ0) is 10.7. The summed E-state index contributed by atoms with van der Waals surface area (Å²) in [6, 6.07) is 6.13. The molecule has 1 aliphatic rings. The molecule has 1 aliphatic heterocycles. The molecule has 81 valence electrons. The van der Waals surface area contributed by atoms with E-state index in [9.17, 15) is 0 Å². The Bertz CT molecular complexity index is 306. The molecular weight excluding hydrogens is 184 g/mol. The molecule has 1 aromatic rings. The van der Waals surface area contributed by atoms with Crippen LogP contribution in [-0.2, 0) is 6.54 Å². The van der Waals surface area contributed by atoms with Crippen molar-refractivity contribution in [1.29, 1.82) is 0 Å².